The van der Waals surface area contributed by atoms with E-state index in [0.29, 0.717) is 35.0 Å². The summed E-state index contributed by atoms with van der Waals surface area (Å²) in [5.41, 5.74) is 0.743. The van der Waals surface area contributed by atoms with Crippen molar-refractivity contribution in [3.63, 3.8) is 0 Å². The van der Waals surface area contributed by atoms with Crippen LogP contribution in [0.4, 0.5) is 4.79 Å². The summed E-state index contributed by atoms with van der Waals surface area (Å²) in [5, 5.41) is 9.34. The number of ether oxygens (including phenoxy) is 1. The van der Waals surface area contributed by atoms with Crippen LogP contribution in [-0.4, -0.2) is 41.3 Å². The number of fused-ring (bicyclic) bond motifs is 5. The van der Waals surface area contributed by atoms with E-state index in [2.05, 4.69) is 39.5 Å². The highest BCUT2D eigenvalue weighted by atomic mass is 16.6. The SMILES string of the molecule is CCCCCCCCCCCCN(CCCCCCCCCCCC)C(=O)O[C@@H]1CC[C@@]2(C)C(CCC3C2CC[C@@]2(C)C3CC[C@@H]2[C@H](C)CCC(=O)O)C1. The number of unbranched alkanes of at least 4 members (excludes halogenated alkanes) is 18. The maximum absolute atomic E-state index is 13.9. The molecule has 0 radical (unpaired) electrons. The molecule has 4 rings (SSSR count). The van der Waals surface area contributed by atoms with Gasteiger partial charge in [-0.05, 0) is 123 Å². The Morgan fingerprint density at radius 3 is 1.69 bits per heavy atom. The Labute approximate surface area is 334 Å². The van der Waals surface area contributed by atoms with Gasteiger partial charge in [-0.25, -0.2) is 4.79 Å². The number of carboxylic acid groups (broad SMARTS) is 1. The number of hydrogen-bond donors (Lipinski definition) is 1. The predicted octanol–water partition coefficient (Wildman–Crippen LogP) is 14.8. The van der Waals surface area contributed by atoms with Crippen molar-refractivity contribution in [2.75, 3.05) is 13.1 Å². The molecule has 4 fully saturated rings. The first-order valence-corrected chi connectivity index (χ1v) is 24.3. The third-order valence-electron chi connectivity index (χ3n) is 16.3. The van der Waals surface area contributed by atoms with Gasteiger partial charge in [0.1, 0.15) is 6.10 Å². The molecule has 1 N–H and O–H groups in total. The molecule has 314 valence electrons. The Bertz CT molecular complexity index is 1040. The molecule has 0 saturated heterocycles. The molecule has 4 aliphatic carbocycles. The zero-order valence-corrected chi connectivity index (χ0v) is 36.5. The van der Waals surface area contributed by atoms with Gasteiger partial charge in [0.2, 0.25) is 0 Å². The average molecular weight is 756 g/mol. The third-order valence-corrected chi connectivity index (χ3v) is 16.3. The van der Waals surface area contributed by atoms with E-state index in [1.165, 1.54) is 161 Å². The topological polar surface area (TPSA) is 66.8 Å². The molecular formula is C49H89NO4. The standard InChI is InChI=1S/C49H89NO4/c1-6-8-10-12-14-16-18-20-22-24-36-50(37-25-23-21-19-17-15-13-11-9-7-2)47(53)54-41-32-34-48(4)40(38-41)27-28-42-44-30-29-43(39(3)26-31-46(51)52)49(44,5)35-33-45(42)48/h39-45H,6-38H2,1-5H3,(H,51,52)/t39-,40?,41-,42?,43-,44?,45?,48+,49-/m1/s1. The van der Waals surface area contributed by atoms with Crippen molar-refractivity contribution in [2.24, 2.45) is 46.3 Å². The molecule has 0 aromatic carbocycles. The van der Waals surface area contributed by atoms with Gasteiger partial charge in [0.05, 0.1) is 0 Å². The van der Waals surface area contributed by atoms with Crippen molar-refractivity contribution in [3.05, 3.63) is 0 Å². The Kier molecular flexibility index (Phi) is 20.1. The highest BCUT2D eigenvalue weighted by Crippen LogP contribution is 2.68. The second kappa shape index (κ2) is 23.8. The zero-order chi connectivity index (χ0) is 38.8. The summed E-state index contributed by atoms with van der Waals surface area (Å²) >= 11 is 0. The van der Waals surface area contributed by atoms with Gasteiger partial charge >= 0.3 is 12.1 Å². The minimum Gasteiger partial charge on any atom is -0.481 e. The van der Waals surface area contributed by atoms with Gasteiger partial charge in [0.25, 0.3) is 0 Å². The second-order valence-corrected chi connectivity index (χ2v) is 19.9. The third kappa shape index (κ3) is 13.1. The van der Waals surface area contributed by atoms with E-state index in [4.69, 9.17) is 4.74 Å². The van der Waals surface area contributed by atoms with Crippen molar-refractivity contribution in [3.8, 4) is 0 Å². The van der Waals surface area contributed by atoms with E-state index in [0.717, 1.165) is 62.9 Å². The number of amides is 1. The summed E-state index contributed by atoms with van der Waals surface area (Å²) in [6.07, 6.45) is 38.8. The predicted molar refractivity (Wildman–Crippen MR) is 227 cm³/mol. The van der Waals surface area contributed by atoms with Crippen LogP contribution in [0.1, 0.15) is 234 Å². The van der Waals surface area contributed by atoms with Crippen LogP contribution in [0.5, 0.6) is 0 Å². The first kappa shape index (κ1) is 45.4. The van der Waals surface area contributed by atoms with E-state index >= 15 is 0 Å². The molecular weight excluding hydrogens is 667 g/mol. The summed E-state index contributed by atoms with van der Waals surface area (Å²) in [6.45, 7) is 13.9. The highest BCUT2D eigenvalue weighted by Gasteiger charge is 2.60. The van der Waals surface area contributed by atoms with Gasteiger partial charge in [-0.3, -0.25) is 4.79 Å². The van der Waals surface area contributed by atoms with Crippen LogP contribution in [0.15, 0.2) is 0 Å². The fourth-order valence-electron chi connectivity index (χ4n) is 12.9. The Hall–Kier alpha value is -1.26. The van der Waals surface area contributed by atoms with E-state index < -0.39 is 5.97 Å². The van der Waals surface area contributed by atoms with Crippen LogP contribution >= 0.6 is 0 Å². The Morgan fingerprint density at radius 1 is 0.648 bits per heavy atom. The average Bonchev–Trinajstić information content (AvgIpc) is 3.51. The number of hydrogen-bond acceptors (Lipinski definition) is 3. The quantitative estimate of drug-likeness (QED) is 0.0848. The van der Waals surface area contributed by atoms with E-state index in [-0.39, 0.29) is 12.2 Å². The minimum absolute atomic E-state index is 0.0217. The number of nitrogens with zero attached hydrogens (tertiary/aromatic N) is 1. The molecule has 0 aliphatic heterocycles. The molecule has 5 heteroatoms. The van der Waals surface area contributed by atoms with Crippen LogP contribution in [0, 0.1) is 46.3 Å². The fraction of sp³-hybridized carbons (Fsp3) is 0.959. The van der Waals surface area contributed by atoms with Crippen molar-refractivity contribution in [2.45, 2.75) is 240 Å². The van der Waals surface area contributed by atoms with Crippen molar-refractivity contribution >= 4 is 12.1 Å². The lowest BCUT2D eigenvalue weighted by Crippen LogP contribution is -2.54. The fourth-order valence-corrected chi connectivity index (χ4v) is 12.9. The van der Waals surface area contributed by atoms with Crippen LogP contribution in [0.25, 0.3) is 0 Å². The largest absolute Gasteiger partial charge is 0.481 e. The van der Waals surface area contributed by atoms with Gasteiger partial charge in [0.15, 0.2) is 0 Å². The summed E-state index contributed by atoms with van der Waals surface area (Å²) in [7, 11) is 0. The molecule has 0 bridgehead atoms. The first-order valence-electron chi connectivity index (χ1n) is 24.3. The van der Waals surface area contributed by atoms with E-state index in [1.54, 1.807) is 0 Å². The molecule has 0 spiro atoms. The smallest absolute Gasteiger partial charge is 0.410 e. The normalized spacial score (nSPS) is 31.0. The molecule has 4 aliphatic rings. The Morgan fingerprint density at radius 2 is 1.15 bits per heavy atom. The van der Waals surface area contributed by atoms with Crippen LogP contribution in [0.3, 0.4) is 0 Å². The van der Waals surface area contributed by atoms with Crippen LogP contribution in [-0.2, 0) is 9.53 Å². The molecule has 1 amide bonds. The second-order valence-electron chi connectivity index (χ2n) is 19.9. The summed E-state index contributed by atoms with van der Waals surface area (Å²) in [6, 6.07) is 0. The number of carboxylic acids is 1. The number of aliphatic carboxylic acids is 1. The van der Waals surface area contributed by atoms with Crippen molar-refractivity contribution in [1.29, 1.82) is 0 Å². The molecule has 0 aromatic heterocycles. The number of carbonyl (C=O) groups excluding carboxylic acids is 1. The highest BCUT2D eigenvalue weighted by molar-refractivity contribution is 5.67. The molecule has 4 unspecified atom stereocenters. The van der Waals surface area contributed by atoms with Gasteiger partial charge in [0, 0.05) is 19.5 Å². The Balaban J connectivity index is 1.24. The number of carbonyl (C=O) groups is 2. The number of rotatable bonds is 27. The van der Waals surface area contributed by atoms with Gasteiger partial charge in [-0.2, -0.15) is 0 Å². The van der Waals surface area contributed by atoms with Crippen molar-refractivity contribution in [1.82, 2.24) is 4.90 Å². The van der Waals surface area contributed by atoms with Gasteiger partial charge in [-0.15, -0.1) is 0 Å². The first-order chi connectivity index (χ1) is 26.1. The molecule has 0 heterocycles. The van der Waals surface area contributed by atoms with Gasteiger partial charge < -0.3 is 14.7 Å². The maximum atomic E-state index is 13.9. The minimum atomic E-state index is -0.645. The lowest BCUT2D eigenvalue weighted by atomic mass is 9.44. The summed E-state index contributed by atoms with van der Waals surface area (Å²) in [5.74, 6) is 3.60. The molecule has 9 atom stereocenters. The van der Waals surface area contributed by atoms with Crippen LogP contribution < -0.4 is 0 Å². The van der Waals surface area contributed by atoms with E-state index in [1.807, 2.05) is 0 Å². The monoisotopic (exact) mass is 756 g/mol. The molecule has 0 aromatic rings. The van der Waals surface area contributed by atoms with Gasteiger partial charge in [-0.1, -0.05) is 150 Å². The summed E-state index contributed by atoms with van der Waals surface area (Å²) < 4.78 is 6.48. The lowest BCUT2D eigenvalue weighted by Gasteiger charge is -2.61. The zero-order valence-electron chi connectivity index (χ0n) is 36.5. The van der Waals surface area contributed by atoms with E-state index in [9.17, 15) is 14.7 Å². The molecule has 5 nitrogen and oxygen atoms in total. The molecule has 54 heavy (non-hydrogen) atoms. The summed E-state index contributed by atoms with van der Waals surface area (Å²) in [4.78, 5) is 27.3. The maximum Gasteiger partial charge on any atom is 0.410 e. The lowest BCUT2D eigenvalue weighted by molar-refractivity contribution is -0.138. The molecule has 4 saturated carbocycles. The van der Waals surface area contributed by atoms with Crippen molar-refractivity contribution < 1.29 is 19.4 Å². The van der Waals surface area contributed by atoms with Crippen LogP contribution in [0.2, 0.25) is 0 Å².